The lowest BCUT2D eigenvalue weighted by Gasteiger charge is -2.33. The number of methoxy groups -OCH3 is 1. The van der Waals surface area contributed by atoms with Crippen molar-refractivity contribution in [3.63, 3.8) is 0 Å². The third-order valence-corrected chi connectivity index (χ3v) is 4.59. The second-order valence-electron chi connectivity index (χ2n) is 6.58. The van der Waals surface area contributed by atoms with Crippen LogP contribution in [0.5, 0.6) is 5.75 Å². The second kappa shape index (κ2) is 7.73. The highest BCUT2D eigenvalue weighted by molar-refractivity contribution is 5.65. The first kappa shape index (κ1) is 18.8. The minimum absolute atomic E-state index is 0.00418. The number of hydrogen-bond donors (Lipinski definition) is 1. The highest BCUT2D eigenvalue weighted by Crippen LogP contribution is 2.34. The standard InChI is InChI=1S/C18H22FN5O3/c1-11-8-17(21-12(2)20-11)23-6-4-13(5-7-23)22-16-10-14(27-3)9-15(19)18(16)24(25)26/h8-10,13,22H,4-7H2,1-3H3. The molecular weight excluding hydrogens is 353 g/mol. The molecule has 0 bridgehead atoms. The SMILES string of the molecule is COc1cc(F)c([N+](=O)[O-])c(NC2CCN(c3cc(C)nc(C)n3)CC2)c1. The Bertz CT molecular complexity index is 833. The summed E-state index contributed by atoms with van der Waals surface area (Å²) in [7, 11) is 1.40. The first-order chi connectivity index (χ1) is 12.9. The van der Waals surface area contributed by atoms with Crippen LogP contribution in [0.3, 0.4) is 0 Å². The van der Waals surface area contributed by atoms with Crippen molar-refractivity contribution in [2.75, 3.05) is 30.4 Å². The number of nitrogens with one attached hydrogen (secondary N) is 1. The molecule has 2 heterocycles. The van der Waals surface area contributed by atoms with Gasteiger partial charge in [-0.05, 0) is 26.7 Å². The minimum Gasteiger partial charge on any atom is -0.497 e. The van der Waals surface area contributed by atoms with E-state index < -0.39 is 16.4 Å². The van der Waals surface area contributed by atoms with E-state index in [0.717, 1.165) is 49.3 Å². The molecule has 1 N–H and O–H groups in total. The Hall–Kier alpha value is -2.97. The van der Waals surface area contributed by atoms with Gasteiger partial charge in [0.2, 0.25) is 5.82 Å². The number of anilines is 2. The first-order valence-corrected chi connectivity index (χ1v) is 8.73. The number of benzene rings is 1. The minimum atomic E-state index is -0.911. The molecule has 9 heteroatoms. The van der Waals surface area contributed by atoms with Gasteiger partial charge in [-0.1, -0.05) is 0 Å². The average Bonchev–Trinajstić information content (AvgIpc) is 2.60. The molecule has 0 unspecified atom stereocenters. The summed E-state index contributed by atoms with van der Waals surface area (Å²) in [4.78, 5) is 21.5. The maximum Gasteiger partial charge on any atom is 0.327 e. The number of aryl methyl sites for hydroxylation is 2. The summed E-state index contributed by atoms with van der Waals surface area (Å²) in [5.41, 5.74) is 0.504. The van der Waals surface area contributed by atoms with Gasteiger partial charge in [-0.25, -0.2) is 9.97 Å². The predicted octanol–water partition coefficient (Wildman–Crippen LogP) is 3.23. The number of aromatic nitrogens is 2. The van der Waals surface area contributed by atoms with E-state index in [4.69, 9.17) is 4.74 Å². The molecule has 3 rings (SSSR count). The quantitative estimate of drug-likeness (QED) is 0.633. The molecular formula is C18H22FN5O3. The van der Waals surface area contributed by atoms with Gasteiger partial charge in [-0.3, -0.25) is 10.1 Å². The molecule has 0 radical (unpaired) electrons. The summed E-state index contributed by atoms with van der Waals surface area (Å²) in [6, 6.07) is 4.43. The molecule has 144 valence electrons. The van der Waals surface area contributed by atoms with E-state index in [9.17, 15) is 14.5 Å². The van der Waals surface area contributed by atoms with Crippen molar-refractivity contribution in [1.82, 2.24) is 9.97 Å². The van der Waals surface area contributed by atoms with Crippen molar-refractivity contribution in [2.24, 2.45) is 0 Å². The van der Waals surface area contributed by atoms with Gasteiger partial charge in [0.1, 0.15) is 23.1 Å². The van der Waals surface area contributed by atoms with Crippen LogP contribution < -0.4 is 15.0 Å². The van der Waals surface area contributed by atoms with E-state index in [1.165, 1.54) is 13.2 Å². The lowest BCUT2D eigenvalue weighted by atomic mass is 10.0. The number of rotatable bonds is 5. The van der Waals surface area contributed by atoms with Crippen molar-refractivity contribution in [3.8, 4) is 5.75 Å². The zero-order chi connectivity index (χ0) is 19.6. The van der Waals surface area contributed by atoms with Crippen molar-refractivity contribution in [2.45, 2.75) is 32.7 Å². The van der Waals surface area contributed by atoms with Gasteiger partial charge in [0.05, 0.1) is 12.0 Å². The molecule has 0 saturated carbocycles. The Labute approximate surface area is 156 Å². The summed E-state index contributed by atoms with van der Waals surface area (Å²) < 4.78 is 19.1. The van der Waals surface area contributed by atoms with E-state index in [2.05, 4.69) is 20.2 Å². The Morgan fingerprint density at radius 3 is 2.56 bits per heavy atom. The highest BCUT2D eigenvalue weighted by Gasteiger charge is 2.26. The summed E-state index contributed by atoms with van der Waals surface area (Å²) in [5, 5.41) is 14.4. The van der Waals surface area contributed by atoms with Gasteiger partial charge in [0.25, 0.3) is 0 Å². The maximum absolute atomic E-state index is 14.1. The summed E-state index contributed by atoms with van der Waals surface area (Å²) in [6.07, 6.45) is 1.50. The van der Waals surface area contributed by atoms with Crippen LogP contribution >= 0.6 is 0 Å². The Kier molecular flexibility index (Phi) is 5.38. The van der Waals surface area contributed by atoms with Crippen molar-refractivity contribution >= 4 is 17.2 Å². The lowest BCUT2D eigenvalue weighted by Crippen LogP contribution is -2.39. The molecule has 1 aromatic carbocycles. The zero-order valence-electron chi connectivity index (χ0n) is 15.5. The molecule has 2 aromatic rings. The highest BCUT2D eigenvalue weighted by atomic mass is 19.1. The van der Waals surface area contributed by atoms with E-state index in [1.807, 2.05) is 19.9 Å². The monoisotopic (exact) mass is 375 g/mol. The van der Waals surface area contributed by atoms with Crippen LogP contribution in [0.15, 0.2) is 18.2 Å². The zero-order valence-corrected chi connectivity index (χ0v) is 15.5. The normalized spacial score (nSPS) is 14.9. The van der Waals surface area contributed by atoms with E-state index in [-0.39, 0.29) is 17.5 Å². The van der Waals surface area contributed by atoms with Crippen molar-refractivity contribution in [3.05, 3.63) is 45.6 Å². The largest absolute Gasteiger partial charge is 0.497 e. The average molecular weight is 375 g/mol. The Morgan fingerprint density at radius 2 is 1.96 bits per heavy atom. The van der Waals surface area contributed by atoms with Crippen LogP contribution in [-0.4, -0.2) is 41.1 Å². The molecule has 0 spiro atoms. The second-order valence-corrected chi connectivity index (χ2v) is 6.58. The van der Waals surface area contributed by atoms with Gasteiger partial charge in [-0.2, -0.15) is 4.39 Å². The van der Waals surface area contributed by atoms with Gasteiger partial charge in [0, 0.05) is 43.0 Å². The number of nitrogens with zero attached hydrogens (tertiary/aromatic N) is 4. The van der Waals surface area contributed by atoms with Gasteiger partial charge < -0.3 is 15.0 Å². The summed E-state index contributed by atoms with van der Waals surface area (Å²) in [5.74, 6) is 0.945. The molecule has 1 fully saturated rings. The number of ether oxygens (including phenoxy) is 1. The molecule has 0 aliphatic carbocycles. The fraction of sp³-hybridized carbons (Fsp3) is 0.444. The molecule has 1 aliphatic rings. The molecule has 27 heavy (non-hydrogen) atoms. The Morgan fingerprint density at radius 1 is 1.26 bits per heavy atom. The van der Waals surface area contributed by atoms with E-state index in [0.29, 0.717) is 0 Å². The number of halogens is 1. The van der Waals surface area contributed by atoms with E-state index >= 15 is 0 Å². The van der Waals surface area contributed by atoms with Crippen LogP contribution in [-0.2, 0) is 0 Å². The third kappa shape index (κ3) is 4.24. The first-order valence-electron chi connectivity index (χ1n) is 8.73. The van der Waals surface area contributed by atoms with Gasteiger partial charge >= 0.3 is 5.69 Å². The topological polar surface area (TPSA) is 93.4 Å². The van der Waals surface area contributed by atoms with Crippen LogP contribution in [0.1, 0.15) is 24.4 Å². The molecule has 8 nitrogen and oxygen atoms in total. The number of nitro benzene ring substituents is 1. The fourth-order valence-electron chi connectivity index (χ4n) is 3.32. The number of hydrogen-bond acceptors (Lipinski definition) is 7. The van der Waals surface area contributed by atoms with Crippen LogP contribution in [0.2, 0.25) is 0 Å². The van der Waals surface area contributed by atoms with Crippen molar-refractivity contribution < 1.29 is 14.1 Å². The van der Waals surface area contributed by atoms with Gasteiger partial charge in [0.15, 0.2) is 0 Å². The number of piperidine rings is 1. The van der Waals surface area contributed by atoms with Crippen LogP contribution in [0.25, 0.3) is 0 Å². The molecule has 1 saturated heterocycles. The van der Waals surface area contributed by atoms with Crippen LogP contribution in [0, 0.1) is 29.8 Å². The summed E-state index contributed by atoms with van der Waals surface area (Å²) in [6.45, 7) is 5.28. The Balaban J connectivity index is 1.72. The molecule has 1 aliphatic heterocycles. The van der Waals surface area contributed by atoms with E-state index in [1.54, 1.807) is 0 Å². The molecule has 0 amide bonds. The van der Waals surface area contributed by atoms with Crippen LogP contribution in [0.4, 0.5) is 21.6 Å². The maximum atomic E-state index is 14.1. The van der Waals surface area contributed by atoms with Gasteiger partial charge in [-0.15, -0.1) is 0 Å². The lowest BCUT2D eigenvalue weighted by molar-refractivity contribution is -0.386. The predicted molar refractivity (Wildman–Crippen MR) is 100.0 cm³/mol. The number of nitro groups is 1. The third-order valence-electron chi connectivity index (χ3n) is 4.59. The fourth-order valence-corrected chi connectivity index (χ4v) is 3.32. The summed E-state index contributed by atoms with van der Waals surface area (Å²) >= 11 is 0. The smallest absolute Gasteiger partial charge is 0.327 e. The molecule has 0 atom stereocenters. The molecule has 1 aromatic heterocycles. The van der Waals surface area contributed by atoms with Crippen molar-refractivity contribution in [1.29, 1.82) is 0 Å².